The fourth-order valence-corrected chi connectivity index (χ4v) is 2.34. The van der Waals surface area contributed by atoms with E-state index in [-0.39, 0.29) is 18.7 Å². The van der Waals surface area contributed by atoms with Crippen molar-refractivity contribution in [3.63, 3.8) is 0 Å². The zero-order valence-corrected chi connectivity index (χ0v) is 12.5. The molecule has 1 aliphatic rings. The van der Waals surface area contributed by atoms with Crippen molar-refractivity contribution in [2.75, 3.05) is 32.8 Å². The van der Waals surface area contributed by atoms with Crippen LogP contribution in [0.1, 0.15) is 12.0 Å². The molecule has 0 bridgehead atoms. The Morgan fingerprint density at radius 3 is 3.00 bits per heavy atom. The zero-order chi connectivity index (χ0) is 15.6. The minimum atomic E-state index is -0.284. The smallest absolute Gasteiger partial charge is 0.410 e. The fourth-order valence-electron chi connectivity index (χ4n) is 2.34. The first-order valence-corrected chi connectivity index (χ1v) is 7.43. The molecule has 1 aliphatic heterocycles. The van der Waals surface area contributed by atoms with E-state index >= 15 is 0 Å². The number of nitrogens with zero attached hydrogens (tertiary/aromatic N) is 2. The molecule has 1 saturated heterocycles. The van der Waals surface area contributed by atoms with Crippen molar-refractivity contribution < 1.29 is 14.3 Å². The number of hydrogen-bond donors (Lipinski definition) is 1. The van der Waals surface area contributed by atoms with Crippen LogP contribution in [0.15, 0.2) is 30.3 Å². The first kappa shape index (κ1) is 16.3. The molecule has 0 saturated carbocycles. The molecule has 118 valence electrons. The molecule has 1 atom stereocenters. The molecule has 0 radical (unpaired) electrons. The molecule has 1 aromatic rings. The Kier molecular flexibility index (Phi) is 6.68. The predicted octanol–water partition coefficient (Wildman–Crippen LogP) is 1.53. The third-order valence-electron chi connectivity index (χ3n) is 3.50. The maximum Gasteiger partial charge on any atom is 0.410 e. The number of piperazine rings is 1. The SMILES string of the molecule is N#CCOCCC1CN(C(=O)OCc2ccccc2)CCN1. The van der Waals surface area contributed by atoms with Crippen LogP contribution in [-0.2, 0) is 16.1 Å². The van der Waals surface area contributed by atoms with E-state index in [1.54, 1.807) is 4.90 Å². The largest absolute Gasteiger partial charge is 0.445 e. The van der Waals surface area contributed by atoms with E-state index in [4.69, 9.17) is 14.7 Å². The van der Waals surface area contributed by atoms with Gasteiger partial charge < -0.3 is 19.7 Å². The van der Waals surface area contributed by atoms with Gasteiger partial charge in [-0.1, -0.05) is 30.3 Å². The number of carbonyl (C=O) groups excluding carboxylic acids is 1. The van der Waals surface area contributed by atoms with E-state index in [1.807, 2.05) is 36.4 Å². The molecule has 1 heterocycles. The van der Waals surface area contributed by atoms with E-state index in [0.717, 1.165) is 18.5 Å². The molecular formula is C16H21N3O3. The third-order valence-corrected chi connectivity index (χ3v) is 3.50. The maximum atomic E-state index is 12.1. The lowest BCUT2D eigenvalue weighted by Gasteiger charge is -2.33. The minimum absolute atomic E-state index is 0.107. The van der Waals surface area contributed by atoms with Crippen LogP contribution < -0.4 is 5.32 Å². The van der Waals surface area contributed by atoms with Crippen molar-refractivity contribution in [3.8, 4) is 6.07 Å². The van der Waals surface area contributed by atoms with Crippen LogP contribution in [0.3, 0.4) is 0 Å². The molecule has 1 unspecified atom stereocenters. The summed E-state index contributed by atoms with van der Waals surface area (Å²) in [5.74, 6) is 0. The second kappa shape index (κ2) is 9.03. The zero-order valence-electron chi connectivity index (χ0n) is 12.5. The van der Waals surface area contributed by atoms with Crippen molar-refractivity contribution in [2.45, 2.75) is 19.1 Å². The molecule has 1 fully saturated rings. The average Bonchev–Trinajstić information content (AvgIpc) is 2.58. The van der Waals surface area contributed by atoms with Crippen LogP contribution in [0, 0.1) is 11.3 Å². The Morgan fingerprint density at radius 2 is 2.23 bits per heavy atom. The van der Waals surface area contributed by atoms with Crippen LogP contribution in [0.5, 0.6) is 0 Å². The highest BCUT2D eigenvalue weighted by molar-refractivity contribution is 5.67. The van der Waals surface area contributed by atoms with E-state index < -0.39 is 0 Å². The lowest BCUT2D eigenvalue weighted by molar-refractivity contribution is 0.0790. The van der Waals surface area contributed by atoms with Gasteiger partial charge in [0, 0.05) is 32.3 Å². The van der Waals surface area contributed by atoms with Crippen molar-refractivity contribution in [1.29, 1.82) is 5.26 Å². The highest BCUT2D eigenvalue weighted by Crippen LogP contribution is 2.07. The first-order chi connectivity index (χ1) is 10.8. The standard InChI is InChI=1S/C16H21N3O3/c17-7-11-21-10-6-15-12-19(9-8-18-15)16(20)22-13-14-4-2-1-3-5-14/h1-5,15,18H,6,8-13H2. The number of carbonyl (C=O) groups is 1. The minimum Gasteiger partial charge on any atom is -0.445 e. The molecule has 6 nitrogen and oxygen atoms in total. The summed E-state index contributed by atoms with van der Waals surface area (Å²) >= 11 is 0. The van der Waals surface area contributed by atoms with E-state index in [2.05, 4.69) is 5.32 Å². The lowest BCUT2D eigenvalue weighted by atomic mass is 10.1. The van der Waals surface area contributed by atoms with E-state index in [0.29, 0.717) is 26.3 Å². The number of rotatable bonds is 6. The van der Waals surface area contributed by atoms with Gasteiger partial charge in [-0.3, -0.25) is 0 Å². The summed E-state index contributed by atoms with van der Waals surface area (Å²) in [5, 5.41) is 11.8. The number of nitriles is 1. The summed E-state index contributed by atoms with van der Waals surface area (Å²) in [6.45, 7) is 2.89. The quantitative estimate of drug-likeness (QED) is 0.807. The van der Waals surface area contributed by atoms with Crippen molar-refractivity contribution in [1.82, 2.24) is 10.2 Å². The van der Waals surface area contributed by atoms with Crippen LogP contribution in [0.25, 0.3) is 0 Å². The van der Waals surface area contributed by atoms with Gasteiger partial charge in [0.25, 0.3) is 0 Å². The number of amides is 1. The number of hydrogen-bond acceptors (Lipinski definition) is 5. The predicted molar refractivity (Wildman–Crippen MR) is 81.0 cm³/mol. The molecule has 22 heavy (non-hydrogen) atoms. The molecule has 6 heteroatoms. The first-order valence-electron chi connectivity index (χ1n) is 7.43. The van der Waals surface area contributed by atoms with Gasteiger partial charge in [-0.2, -0.15) is 5.26 Å². The van der Waals surface area contributed by atoms with E-state index in [1.165, 1.54) is 0 Å². The molecule has 1 amide bonds. The summed E-state index contributed by atoms with van der Waals surface area (Å²) in [6, 6.07) is 11.8. The highest BCUT2D eigenvalue weighted by Gasteiger charge is 2.23. The van der Waals surface area contributed by atoms with Crippen molar-refractivity contribution in [3.05, 3.63) is 35.9 Å². The summed E-state index contributed by atoms with van der Waals surface area (Å²) in [4.78, 5) is 13.8. The Morgan fingerprint density at radius 1 is 1.41 bits per heavy atom. The number of nitrogens with one attached hydrogen (secondary N) is 1. The molecular weight excluding hydrogens is 282 g/mol. The normalized spacial score (nSPS) is 17.8. The number of ether oxygens (including phenoxy) is 2. The summed E-state index contributed by atoms with van der Waals surface area (Å²) in [5.41, 5.74) is 0.979. The highest BCUT2D eigenvalue weighted by atomic mass is 16.6. The molecule has 0 spiro atoms. The topological polar surface area (TPSA) is 74.6 Å². The van der Waals surface area contributed by atoms with Crippen molar-refractivity contribution >= 4 is 6.09 Å². The van der Waals surface area contributed by atoms with Crippen LogP contribution in [0.4, 0.5) is 4.79 Å². The van der Waals surface area contributed by atoms with E-state index in [9.17, 15) is 4.79 Å². The van der Waals surface area contributed by atoms with Crippen LogP contribution in [-0.4, -0.2) is 49.9 Å². The van der Waals surface area contributed by atoms with Gasteiger partial charge in [-0.15, -0.1) is 0 Å². The summed E-state index contributed by atoms with van der Waals surface area (Å²) in [6.07, 6.45) is 0.484. The van der Waals surface area contributed by atoms with Crippen molar-refractivity contribution in [2.24, 2.45) is 0 Å². The summed E-state index contributed by atoms with van der Waals surface area (Å²) in [7, 11) is 0. The van der Waals surface area contributed by atoms with Crippen LogP contribution >= 0.6 is 0 Å². The monoisotopic (exact) mass is 303 g/mol. The molecule has 1 aromatic carbocycles. The Hall–Kier alpha value is -2.10. The van der Waals surface area contributed by atoms with Gasteiger partial charge in [0.05, 0.1) is 6.07 Å². The maximum absolute atomic E-state index is 12.1. The van der Waals surface area contributed by atoms with Gasteiger partial charge in [0.15, 0.2) is 0 Å². The fraction of sp³-hybridized carbons (Fsp3) is 0.500. The number of benzene rings is 1. The Labute approximate surface area is 130 Å². The average molecular weight is 303 g/mol. The molecule has 0 aliphatic carbocycles. The molecule has 1 N–H and O–H groups in total. The van der Waals surface area contributed by atoms with Gasteiger partial charge in [0.2, 0.25) is 0 Å². The molecule has 0 aromatic heterocycles. The van der Waals surface area contributed by atoms with Gasteiger partial charge in [-0.25, -0.2) is 4.79 Å². The second-order valence-electron chi connectivity index (χ2n) is 5.14. The second-order valence-corrected chi connectivity index (χ2v) is 5.14. The Bertz CT molecular complexity index is 501. The van der Waals surface area contributed by atoms with Gasteiger partial charge in [-0.05, 0) is 12.0 Å². The Balaban J connectivity index is 1.71. The third kappa shape index (κ3) is 5.35. The van der Waals surface area contributed by atoms with Gasteiger partial charge >= 0.3 is 6.09 Å². The van der Waals surface area contributed by atoms with Gasteiger partial charge in [0.1, 0.15) is 13.2 Å². The van der Waals surface area contributed by atoms with Crippen LogP contribution in [0.2, 0.25) is 0 Å². The lowest BCUT2D eigenvalue weighted by Crippen LogP contribution is -2.53. The summed E-state index contributed by atoms with van der Waals surface area (Å²) < 4.78 is 10.5. The molecule has 2 rings (SSSR count).